The highest BCUT2D eigenvalue weighted by molar-refractivity contribution is 5.78. The maximum Gasteiger partial charge on any atom is 0.234 e. The summed E-state index contributed by atoms with van der Waals surface area (Å²) in [6.07, 6.45) is 6.72. The Labute approximate surface area is 103 Å². The number of piperidine rings is 1. The molecule has 4 nitrogen and oxygen atoms in total. The minimum absolute atomic E-state index is 0.108. The summed E-state index contributed by atoms with van der Waals surface area (Å²) in [5, 5.41) is 6.12. The molecule has 1 saturated carbocycles. The van der Waals surface area contributed by atoms with E-state index in [1.54, 1.807) is 6.08 Å². The zero-order chi connectivity index (χ0) is 12.1. The monoisotopic (exact) mass is 237 g/mol. The lowest BCUT2D eigenvalue weighted by Crippen LogP contribution is -2.47. The van der Waals surface area contributed by atoms with Crippen LogP contribution in [0.25, 0.3) is 0 Å². The molecule has 2 rings (SSSR count). The topological polar surface area (TPSA) is 44.4 Å². The maximum atomic E-state index is 11.6. The Kier molecular flexibility index (Phi) is 4.57. The first-order chi connectivity index (χ1) is 8.29. The first-order valence-corrected chi connectivity index (χ1v) is 6.64. The van der Waals surface area contributed by atoms with Crippen LogP contribution in [-0.2, 0) is 4.79 Å². The van der Waals surface area contributed by atoms with Crippen molar-refractivity contribution in [3.05, 3.63) is 12.7 Å². The van der Waals surface area contributed by atoms with Gasteiger partial charge in [-0.3, -0.25) is 4.79 Å². The van der Waals surface area contributed by atoms with E-state index in [2.05, 4.69) is 22.1 Å². The summed E-state index contributed by atoms with van der Waals surface area (Å²) in [5.41, 5.74) is 0. The predicted octanol–water partition coefficient (Wildman–Crippen LogP) is 0.505. The molecule has 0 radical (unpaired) electrons. The van der Waals surface area contributed by atoms with Crippen molar-refractivity contribution in [2.45, 2.75) is 37.8 Å². The Bertz CT molecular complexity index is 268. The molecular formula is C13H23N3O. The van der Waals surface area contributed by atoms with E-state index in [1.165, 1.54) is 12.8 Å². The van der Waals surface area contributed by atoms with Gasteiger partial charge in [-0.05, 0) is 25.7 Å². The van der Waals surface area contributed by atoms with Crippen LogP contribution in [0, 0.1) is 0 Å². The number of amides is 1. The fourth-order valence-corrected chi connectivity index (χ4v) is 2.42. The van der Waals surface area contributed by atoms with E-state index in [0.29, 0.717) is 19.1 Å². The van der Waals surface area contributed by atoms with Crippen molar-refractivity contribution in [2.75, 3.05) is 26.2 Å². The molecule has 0 aromatic carbocycles. The molecule has 17 heavy (non-hydrogen) atoms. The average Bonchev–Trinajstić information content (AvgIpc) is 3.14. The highest BCUT2D eigenvalue weighted by atomic mass is 16.1. The largest absolute Gasteiger partial charge is 0.352 e. The number of hydrogen-bond donors (Lipinski definition) is 2. The molecule has 2 aliphatic rings. The minimum atomic E-state index is 0.108. The first-order valence-electron chi connectivity index (χ1n) is 6.64. The van der Waals surface area contributed by atoms with Crippen LogP contribution in [0.4, 0.5) is 0 Å². The van der Waals surface area contributed by atoms with Crippen LogP contribution in [0.5, 0.6) is 0 Å². The van der Waals surface area contributed by atoms with Crippen molar-refractivity contribution in [1.82, 2.24) is 15.5 Å². The molecule has 1 amide bonds. The molecule has 2 fully saturated rings. The first kappa shape index (κ1) is 12.6. The van der Waals surface area contributed by atoms with E-state index in [1.807, 2.05) is 0 Å². The van der Waals surface area contributed by atoms with Crippen LogP contribution in [0.15, 0.2) is 12.7 Å². The summed E-state index contributed by atoms with van der Waals surface area (Å²) in [5.74, 6) is 0.108. The second kappa shape index (κ2) is 6.17. The van der Waals surface area contributed by atoms with E-state index in [0.717, 1.165) is 32.0 Å². The SMILES string of the molecule is C=CCNCC(=O)NC1CCN(C2CC2)CC1. The third-order valence-electron chi connectivity index (χ3n) is 3.53. The minimum Gasteiger partial charge on any atom is -0.352 e. The van der Waals surface area contributed by atoms with Gasteiger partial charge in [0.2, 0.25) is 5.91 Å². The number of nitrogens with one attached hydrogen (secondary N) is 2. The molecule has 0 bridgehead atoms. The average molecular weight is 237 g/mol. The Morgan fingerprint density at radius 2 is 2.00 bits per heavy atom. The van der Waals surface area contributed by atoms with Crippen LogP contribution in [0.2, 0.25) is 0 Å². The van der Waals surface area contributed by atoms with Crippen LogP contribution < -0.4 is 10.6 Å². The van der Waals surface area contributed by atoms with E-state index >= 15 is 0 Å². The van der Waals surface area contributed by atoms with Gasteiger partial charge in [0.1, 0.15) is 0 Å². The fourth-order valence-electron chi connectivity index (χ4n) is 2.42. The maximum absolute atomic E-state index is 11.6. The normalized spacial score (nSPS) is 22.4. The second-order valence-electron chi connectivity index (χ2n) is 5.03. The molecule has 1 aliphatic heterocycles. The highest BCUT2D eigenvalue weighted by Crippen LogP contribution is 2.29. The molecule has 0 atom stereocenters. The van der Waals surface area contributed by atoms with Gasteiger partial charge in [-0.1, -0.05) is 6.08 Å². The van der Waals surface area contributed by atoms with Crippen molar-refractivity contribution in [1.29, 1.82) is 0 Å². The van der Waals surface area contributed by atoms with Crippen LogP contribution in [0.1, 0.15) is 25.7 Å². The standard InChI is InChI=1S/C13H23N3O/c1-2-7-14-10-13(17)15-11-5-8-16(9-6-11)12-3-4-12/h2,11-12,14H,1,3-10H2,(H,15,17). The van der Waals surface area contributed by atoms with Crippen molar-refractivity contribution in [3.63, 3.8) is 0 Å². The van der Waals surface area contributed by atoms with Gasteiger partial charge in [0.25, 0.3) is 0 Å². The molecular weight excluding hydrogens is 214 g/mol. The van der Waals surface area contributed by atoms with Gasteiger partial charge >= 0.3 is 0 Å². The van der Waals surface area contributed by atoms with E-state index in [9.17, 15) is 4.79 Å². The van der Waals surface area contributed by atoms with Crippen molar-refractivity contribution in [3.8, 4) is 0 Å². The second-order valence-corrected chi connectivity index (χ2v) is 5.03. The molecule has 0 aromatic rings. The van der Waals surface area contributed by atoms with Crippen molar-refractivity contribution in [2.24, 2.45) is 0 Å². The Morgan fingerprint density at radius 1 is 1.29 bits per heavy atom. The quantitative estimate of drug-likeness (QED) is 0.522. The zero-order valence-corrected chi connectivity index (χ0v) is 10.5. The number of carbonyl (C=O) groups excluding carboxylic acids is 1. The number of carbonyl (C=O) groups is 1. The third kappa shape index (κ3) is 4.13. The van der Waals surface area contributed by atoms with Gasteiger partial charge in [-0.2, -0.15) is 0 Å². The lowest BCUT2D eigenvalue weighted by molar-refractivity contribution is -0.121. The number of nitrogens with zero attached hydrogens (tertiary/aromatic N) is 1. The molecule has 1 heterocycles. The number of hydrogen-bond acceptors (Lipinski definition) is 3. The van der Waals surface area contributed by atoms with Crippen molar-refractivity contribution < 1.29 is 4.79 Å². The molecule has 1 saturated heterocycles. The highest BCUT2D eigenvalue weighted by Gasteiger charge is 2.31. The predicted molar refractivity (Wildman–Crippen MR) is 68.8 cm³/mol. The fraction of sp³-hybridized carbons (Fsp3) is 0.769. The molecule has 0 aromatic heterocycles. The van der Waals surface area contributed by atoms with Gasteiger partial charge in [0, 0.05) is 31.7 Å². The summed E-state index contributed by atoms with van der Waals surface area (Å²) < 4.78 is 0. The number of likely N-dealkylation sites (tertiary alicyclic amines) is 1. The van der Waals surface area contributed by atoms with Crippen LogP contribution in [-0.4, -0.2) is 49.1 Å². The Hall–Kier alpha value is -0.870. The van der Waals surface area contributed by atoms with Gasteiger partial charge in [0.05, 0.1) is 6.54 Å². The third-order valence-corrected chi connectivity index (χ3v) is 3.53. The van der Waals surface area contributed by atoms with E-state index in [4.69, 9.17) is 0 Å². The van der Waals surface area contributed by atoms with Gasteiger partial charge in [-0.25, -0.2) is 0 Å². The number of rotatable bonds is 6. The lowest BCUT2D eigenvalue weighted by atomic mass is 10.0. The lowest BCUT2D eigenvalue weighted by Gasteiger charge is -2.32. The van der Waals surface area contributed by atoms with Crippen LogP contribution in [0.3, 0.4) is 0 Å². The molecule has 0 spiro atoms. The molecule has 2 N–H and O–H groups in total. The summed E-state index contributed by atoms with van der Waals surface area (Å²) in [7, 11) is 0. The smallest absolute Gasteiger partial charge is 0.234 e. The van der Waals surface area contributed by atoms with Gasteiger partial charge in [0.15, 0.2) is 0 Å². The molecule has 96 valence electrons. The summed E-state index contributed by atoms with van der Waals surface area (Å²) in [4.78, 5) is 14.2. The zero-order valence-electron chi connectivity index (χ0n) is 10.5. The summed E-state index contributed by atoms with van der Waals surface area (Å²) >= 11 is 0. The van der Waals surface area contributed by atoms with Gasteiger partial charge < -0.3 is 15.5 Å². The van der Waals surface area contributed by atoms with Crippen LogP contribution >= 0.6 is 0 Å². The Balaban J connectivity index is 1.59. The Morgan fingerprint density at radius 3 is 2.59 bits per heavy atom. The van der Waals surface area contributed by atoms with E-state index in [-0.39, 0.29) is 5.91 Å². The summed E-state index contributed by atoms with van der Waals surface area (Å²) in [6, 6.07) is 1.24. The van der Waals surface area contributed by atoms with Gasteiger partial charge in [-0.15, -0.1) is 6.58 Å². The van der Waals surface area contributed by atoms with Crippen molar-refractivity contribution >= 4 is 5.91 Å². The molecule has 4 heteroatoms. The molecule has 1 aliphatic carbocycles. The van der Waals surface area contributed by atoms with E-state index < -0.39 is 0 Å². The molecule has 0 unspecified atom stereocenters. The summed E-state index contributed by atoms with van der Waals surface area (Å²) in [6.45, 7) is 6.99.